The number of nitrogens with zero attached hydrogens (tertiary/aromatic N) is 1. The number of halogens is 1. The quantitative estimate of drug-likeness (QED) is 0.298. The lowest BCUT2D eigenvalue weighted by atomic mass is 10.0. The van der Waals surface area contributed by atoms with E-state index in [1.54, 1.807) is 12.1 Å². The first-order chi connectivity index (χ1) is 18.1. The zero-order valence-electron chi connectivity index (χ0n) is 21.4. The number of benzene rings is 3. The summed E-state index contributed by atoms with van der Waals surface area (Å²) < 4.78 is 12.0. The maximum atomic E-state index is 12.6. The summed E-state index contributed by atoms with van der Waals surface area (Å²) in [6.07, 6.45) is 1.74. The first kappa shape index (κ1) is 27.3. The van der Waals surface area contributed by atoms with Gasteiger partial charge < -0.3 is 19.9 Å². The molecule has 0 aliphatic carbocycles. The number of hydrogen-bond donors (Lipinski definition) is 2. The predicted molar refractivity (Wildman–Crippen MR) is 152 cm³/mol. The molecule has 1 aliphatic heterocycles. The van der Waals surface area contributed by atoms with E-state index in [1.807, 2.05) is 25.1 Å². The first-order valence-corrected chi connectivity index (χ1v) is 13.1. The summed E-state index contributed by atoms with van der Waals surface area (Å²) in [7, 11) is 0. The fourth-order valence-electron chi connectivity index (χ4n) is 4.09. The maximum Gasteiger partial charge on any atom is 0.337 e. The molecule has 2 N–H and O–H groups in total. The van der Waals surface area contributed by atoms with E-state index in [9.17, 15) is 14.7 Å². The molecule has 1 heterocycles. The standard InChI is InChI=1S/C29H27ClN2O5S/c1-5-36-25-12-19(6-9-24(25)37-15-22-17(3)10-16(2)11-18(22)4)13-26-27(33)32-29(38-26)31-20-7-8-23(30)21(14-20)28(34)35/h6-14H,5,15H2,1-4H3,(H,34,35)(H,31,32,33)/b26-13-. The number of carbonyl (C=O) groups excluding carboxylic acids is 1. The van der Waals surface area contributed by atoms with Crippen LogP contribution in [0.3, 0.4) is 0 Å². The Kier molecular flexibility index (Phi) is 8.44. The molecule has 0 radical (unpaired) electrons. The highest BCUT2D eigenvalue weighted by Crippen LogP contribution is 2.34. The normalized spacial score (nSPS) is 15.1. The van der Waals surface area contributed by atoms with Crippen LogP contribution in [-0.4, -0.2) is 28.8 Å². The molecule has 0 atom stereocenters. The van der Waals surface area contributed by atoms with Crippen LogP contribution in [0.2, 0.25) is 5.02 Å². The van der Waals surface area contributed by atoms with Gasteiger partial charge in [0.15, 0.2) is 16.7 Å². The minimum absolute atomic E-state index is 0.0583. The lowest BCUT2D eigenvalue weighted by Gasteiger charge is -2.15. The zero-order chi connectivity index (χ0) is 27.4. The molecule has 1 saturated heterocycles. The van der Waals surface area contributed by atoms with Crippen LogP contribution in [0, 0.1) is 20.8 Å². The number of carbonyl (C=O) groups is 2. The van der Waals surface area contributed by atoms with Crippen LogP contribution in [0.25, 0.3) is 6.08 Å². The van der Waals surface area contributed by atoms with Gasteiger partial charge in [0.25, 0.3) is 5.91 Å². The highest BCUT2D eigenvalue weighted by Gasteiger charge is 2.24. The molecule has 0 bridgehead atoms. The van der Waals surface area contributed by atoms with E-state index in [2.05, 4.69) is 43.2 Å². The monoisotopic (exact) mass is 550 g/mol. The van der Waals surface area contributed by atoms with Gasteiger partial charge in [-0.2, -0.15) is 0 Å². The van der Waals surface area contributed by atoms with Crippen LogP contribution >= 0.6 is 23.4 Å². The fraction of sp³-hybridized carbons (Fsp3) is 0.207. The molecule has 0 unspecified atom stereocenters. The molecule has 196 valence electrons. The number of carboxylic acids is 1. The Hall–Kier alpha value is -3.75. The van der Waals surface area contributed by atoms with Gasteiger partial charge in [-0.15, -0.1) is 0 Å². The highest BCUT2D eigenvalue weighted by atomic mass is 35.5. The Labute approximate surface area is 230 Å². The number of hydrogen-bond acceptors (Lipinski definition) is 6. The highest BCUT2D eigenvalue weighted by molar-refractivity contribution is 8.18. The summed E-state index contributed by atoms with van der Waals surface area (Å²) in [4.78, 5) is 28.7. The van der Waals surface area contributed by atoms with Crippen molar-refractivity contribution in [1.82, 2.24) is 5.32 Å². The average molecular weight is 551 g/mol. The molecule has 0 spiro atoms. The van der Waals surface area contributed by atoms with Gasteiger partial charge in [0.1, 0.15) is 6.61 Å². The Morgan fingerprint density at radius 2 is 1.79 bits per heavy atom. The minimum atomic E-state index is -1.15. The number of aryl methyl sites for hydroxylation is 3. The second-order valence-corrected chi connectivity index (χ2v) is 10.2. The maximum absolute atomic E-state index is 12.6. The van der Waals surface area contributed by atoms with Crippen molar-refractivity contribution in [3.63, 3.8) is 0 Å². The molecule has 9 heteroatoms. The number of aromatic carboxylic acids is 1. The van der Waals surface area contributed by atoms with Crippen molar-refractivity contribution in [3.8, 4) is 11.5 Å². The lowest BCUT2D eigenvalue weighted by Crippen LogP contribution is -2.19. The van der Waals surface area contributed by atoms with Crippen LogP contribution in [-0.2, 0) is 11.4 Å². The number of ether oxygens (including phenoxy) is 2. The number of amidine groups is 1. The van der Waals surface area contributed by atoms with Crippen molar-refractivity contribution in [2.75, 3.05) is 6.61 Å². The molecule has 3 aromatic carbocycles. The number of amides is 1. The summed E-state index contributed by atoms with van der Waals surface area (Å²) >= 11 is 7.09. The SMILES string of the molecule is CCOc1cc(/C=C2\SC(=Nc3ccc(Cl)c(C(=O)O)c3)NC2=O)ccc1OCc1c(C)cc(C)cc1C. The second kappa shape index (κ2) is 11.8. The predicted octanol–water partition coefficient (Wildman–Crippen LogP) is 6.83. The summed E-state index contributed by atoms with van der Waals surface area (Å²) in [5.74, 6) is -0.243. The first-order valence-electron chi connectivity index (χ1n) is 11.9. The van der Waals surface area contributed by atoms with Crippen LogP contribution in [0.4, 0.5) is 5.69 Å². The molecule has 0 saturated carbocycles. The summed E-state index contributed by atoms with van der Waals surface area (Å²) in [5.41, 5.74) is 5.81. The Morgan fingerprint density at radius 1 is 1.05 bits per heavy atom. The fourth-order valence-corrected chi connectivity index (χ4v) is 5.13. The molecule has 4 rings (SSSR count). The van der Waals surface area contributed by atoms with E-state index in [1.165, 1.54) is 28.8 Å². The van der Waals surface area contributed by atoms with Gasteiger partial charge in [-0.1, -0.05) is 35.4 Å². The van der Waals surface area contributed by atoms with Gasteiger partial charge in [0.05, 0.1) is 27.8 Å². The van der Waals surface area contributed by atoms with Crippen LogP contribution in [0.1, 0.15) is 45.1 Å². The molecule has 38 heavy (non-hydrogen) atoms. The Balaban J connectivity index is 1.53. The lowest BCUT2D eigenvalue weighted by molar-refractivity contribution is -0.115. The van der Waals surface area contributed by atoms with Crippen LogP contribution in [0.5, 0.6) is 11.5 Å². The number of nitrogens with one attached hydrogen (secondary N) is 1. The van der Waals surface area contributed by atoms with Gasteiger partial charge in [-0.3, -0.25) is 4.79 Å². The van der Waals surface area contributed by atoms with E-state index in [0.29, 0.717) is 40.5 Å². The van der Waals surface area contributed by atoms with E-state index < -0.39 is 5.97 Å². The zero-order valence-corrected chi connectivity index (χ0v) is 23.0. The summed E-state index contributed by atoms with van der Waals surface area (Å²) in [5, 5.41) is 12.4. The van der Waals surface area contributed by atoms with E-state index in [4.69, 9.17) is 21.1 Å². The minimum Gasteiger partial charge on any atom is -0.490 e. The van der Waals surface area contributed by atoms with Crippen molar-refractivity contribution in [2.45, 2.75) is 34.3 Å². The number of aliphatic imine (C=N–C) groups is 1. The van der Waals surface area contributed by atoms with Crippen molar-refractivity contribution >= 4 is 52.2 Å². The van der Waals surface area contributed by atoms with Gasteiger partial charge in [-0.05, 0) is 98.1 Å². The third-order valence-corrected chi connectivity index (χ3v) is 7.08. The molecule has 3 aromatic rings. The van der Waals surface area contributed by atoms with Gasteiger partial charge >= 0.3 is 5.97 Å². The molecular formula is C29H27ClN2O5S. The molecular weight excluding hydrogens is 524 g/mol. The van der Waals surface area contributed by atoms with E-state index >= 15 is 0 Å². The molecule has 1 fully saturated rings. The summed E-state index contributed by atoms with van der Waals surface area (Å²) in [6, 6.07) is 14.2. The molecule has 7 nitrogen and oxygen atoms in total. The number of carboxylic acid groups (broad SMARTS) is 1. The van der Waals surface area contributed by atoms with Gasteiger partial charge in [0, 0.05) is 0 Å². The Bertz CT molecular complexity index is 1460. The van der Waals surface area contributed by atoms with Crippen molar-refractivity contribution in [2.24, 2.45) is 4.99 Å². The van der Waals surface area contributed by atoms with E-state index in [0.717, 1.165) is 22.9 Å². The van der Waals surface area contributed by atoms with Gasteiger partial charge in [-0.25, -0.2) is 9.79 Å². The molecule has 1 amide bonds. The van der Waals surface area contributed by atoms with Crippen LogP contribution < -0.4 is 14.8 Å². The molecule has 1 aliphatic rings. The van der Waals surface area contributed by atoms with Crippen LogP contribution in [0.15, 0.2) is 58.4 Å². The average Bonchev–Trinajstić information content (AvgIpc) is 3.19. The number of thioether (sulfide) groups is 1. The Morgan fingerprint density at radius 3 is 2.47 bits per heavy atom. The molecule has 0 aromatic heterocycles. The van der Waals surface area contributed by atoms with Crippen molar-refractivity contribution in [1.29, 1.82) is 0 Å². The van der Waals surface area contributed by atoms with Crippen molar-refractivity contribution in [3.05, 3.63) is 91.8 Å². The third kappa shape index (κ3) is 6.38. The van der Waals surface area contributed by atoms with Crippen molar-refractivity contribution < 1.29 is 24.2 Å². The van der Waals surface area contributed by atoms with Gasteiger partial charge in [0.2, 0.25) is 0 Å². The van der Waals surface area contributed by atoms with E-state index in [-0.39, 0.29) is 16.5 Å². The number of rotatable bonds is 8. The third-order valence-electron chi connectivity index (χ3n) is 5.84. The largest absolute Gasteiger partial charge is 0.490 e. The summed E-state index contributed by atoms with van der Waals surface area (Å²) in [6.45, 7) is 9.03. The smallest absolute Gasteiger partial charge is 0.337 e. The topological polar surface area (TPSA) is 97.2 Å². The second-order valence-electron chi connectivity index (χ2n) is 8.76.